The van der Waals surface area contributed by atoms with Crippen molar-refractivity contribution in [2.75, 3.05) is 5.73 Å². The summed E-state index contributed by atoms with van der Waals surface area (Å²) >= 11 is 2.14. The average Bonchev–Trinajstić information content (AvgIpc) is 2.66. The first-order valence-corrected chi connectivity index (χ1v) is 6.59. The first-order valence-electron chi connectivity index (χ1n) is 5.51. The third kappa shape index (κ3) is 2.33. The smallest absolute Gasteiger partial charge is 0.356 e. The number of carboxylic acids is 1. The fourth-order valence-corrected chi connectivity index (χ4v) is 2.50. The maximum Gasteiger partial charge on any atom is 0.356 e. The van der Waals surface area contributed by atoms with Crippen LogP contribution in [0.5, 0.6) is 0 Å². The molecule has 2 rings (SSSR count). The minimum absolute atomic E-state index is 0.233. The molecular weight excluding hydrogens is 375 g/mol. The van der Waals surface area contributed by atoms with Gasteiger partial charge >= 0.3 is 5.97 Å². The van der Waals surface area contributed by atoms with E-state index in [0.29, 0.717) is 5.69 Å². The summed E-state index contributed by atoms with van der Waals surface area (Å²) in [6.45, 7) is 1.81. The predicted octanol–water partition coefficient (Wildman–Crippen LogP) is 1.16. The van der Waals surface area contributed by atoms with Gasteiger partial charge in [-0.25, -0.2) is 9.48 Å². The lowest BCUT2D eigenvalue weighted by molar-refractivity contribution is 0.0688. The number of halogens is 1. The molecule has 5 N–H and O–H groups in total. The third-order valence-electron chi connectivity index (χ3n) is 2.75. The molecule has 1 aromatic carbocycles. The Balaban J connectivity index is 2.76. The van der Waals surface area contributed by atoms with E-state index in [0.717, 1.165) is 13.8 Å². The van der Waals surface area contributed by atoms with Gasteiger partial charge in [-0.15, -0.1) is 0 Å². The highest BCUT2D eigenvalue weighted by molar-refractivity contribution is 14.1. The molecule has 1 heterocycles. The van der Waals surface area contributed by atoms with E-state index in [1.807, 2.05) is 13.0 Å². The number of carbonyl (C=O) groups is 2. The van der Waals surface area contributed by atoms with E-state index in [9.17, 15) is 14.7 Å². The van der Waals surface area contributed by atoms with Gasteiger partial charge in [0.1, 0.15) is 0 Å². The number of aromatic nitrogens is 2. The minimum Gasteiger partial charge on any atom is -0.476 e. The van der Waals surface area contributed by atoms with Crippen LogP contribution in [0.25, 0.3) is 5.69 Å². The highest BCUT2D eigenvalue weighted by Crippen LogP contribution is 2.24. The summed E-state index contributed by atoms with van der Waals surface area (Å²) in [5, 5.41) is 13.2. The second-order valence-corrected chi connectivity index (χ2v) is 5.37. The number of hydrogen-bond acceptors (Lipinski definition) is 4. The Morgan fingerprint density at radius 1 is 1.40 bits per heavy atom. The van der Waals surface area contributed by atoms with Crippen LogP contribution in [0, 0.1) is 10.5 Å². The zero-order valence-electron chi connectivity index (χ0n) is 10.4. The molecule has 0 saturated heterocycles. The Morgan fingerprint density at radius 2 is 2.05 bits per heavy atom. The molecule has 0 aliphatic rings. The van der Waals surface area contributed by atoms with Crippen LogP contribution in [0.2, 0.25) is 0 Å². The average molecular weight is 386 g/mol. The van der Waals surface area contributed by atoms with Gasteiger partial charge in [0.25, 0.3) is 5.91 Å². The topological polar surface area (TPSA) is 124 Å². The normalized spacial score (nSPS) is 10.5. The summed E-state index contributed by atoms with van der Waals surface area (Å²) in [4.78, 5) is 22.6. The molecule has 0 atom stereocenters. The van der Waals surface area contributed by atoms with Crippen LogP contribution in [0.3, 0.4) is 0 Å². The molecule has 1 amide bonds. The molecule has 8 heteroatoms. The minimum atomic E-state index is -1.28. The predicted molar refractivity (Wildman–Crippen MR) is 80.9 cm³/mol. The van der Waals surface area contributed by atoms with Crippen molar-refractivity contribution in [1.82, 2.24) is 9.78 Å². The van der Waals surface area contributed by atoms with Crippen LogP contribution in [-0.4, -0.2) is 26.8 Å². The lowest BCUT2D eigenvalue weighted by atomic mass is 10.2. The summed E-state index contributed by atoms with van der Waals surface area (Å²) in [5.41, 5.74) is 11.4. The molecule has 0 radical (unpaired) electrons. The molecule has 20 heavy (non-hydrogen) atoms. The fourth-order valence-electron chi connectivity index (χ4n) is 1.85. The van der Waals surface area contributed by atoms with Crippen LogP contribution in [0.15, 0.2) is 18.2 Å². The van der Waals surface area contributed by atoms with Crippen molar-refractivity contribution in [1.29, 1.82) is 0 Å². The number of primary amides is 1. The summed E-state index contributed by atoms with van der Waals surface area (Å²) in [6.07, 6.45) is 0. The van der Waals surface area contributed by atoms with Crippen LogP contribution in [0.1, 0.15) is 26.5 Å². The van der Waals surface area contributed by atoms with Crippen LogP contribution in [-0.2, 0) is 0 Å². The second kappa shape index (κ2) is 5.12. The molecule has 2 aromatic rings. The summed E-state index contributed by atoms with van der Waals surface area (Å²) < 4.78 is 2.12. The first kappa shape index (κ1) is 14.3. The zero-order valence-corrected chi connectivity index (χ0v) is 12.6. The standard InChI is InChI=1S/C12H11IN4O3/c1-5-4-6(13)2-3-7(5)17-10(12(19)20)8(14)9(16-17)11(15)18/h2-4H,14H2,1H3,(H2,15,18)(H,19,20). The summed E-state index contributed by atoms with van der Waals surface area (Å²) in [7, 11) is 0. The van der Waals surface area contributed by atoms with Crippen molar-refractivity contribution in [2.24, 2.45) is 5.73 Å². The van der Waals surface area contributed by atoms with E-state index in [1.54, 1.807) is 12.1 Å². The monoisotopic (exact) mass is 386 g/mol. The first-order chi connectivity index (χ1) is 9.32. The van der Waals surface area contributed by atoms with Crippen molar-refractivity contribution in [2.45, 2.75) is 6.92 Å². The lowest BCUT2D eigenvalue weighted by Crippen LogP contribution is -2.14. The van der Waals surface area contributed by atoms with Crippen molar-refractivity contribution in [3.8, 4) is 5.69 Å². The highest BCUT2D eigenvalue weighted by Gasteiger charge is 2.25. The van der Waals surface area contributed by atoms with Gasteiger partial charge in [-0.3, -0.25) is 4.79 Å². The number of nitrogens with zero attached hydrogens (tertiary/aromatic N) is 2. The quantitative estimate of drug-likeness (QED) is 0.683. The molecule has 7 nitrogen and oxygen atoms in total. The van der Waals surface area contributed by atoms with Gasteiger partial charge in [0, 0.05) is 3.57 Å². The second-order valence-electron chi connectivity index (χ2n) is 4.12. The zero-order chi connectivity index (χ0) is 15.0. The number of hydrogen-bond donors (Lipinski definition) is 3. The Kier molecular flexibility index (Phi) is 3.66. The van der Waals surface area contributed by atoms with Gasteiger partial charge < -0.3 is 16.6 Å². The number of rotatable bonds is 3. The number of carboxylic acid groups (broad SMARTS) is 1. The van der Waals surface area contributed by atoms with Gasteiger partial charge in [0.05, 0.1) is 11.4 Å². The molecule has 104 valence electrons. The van der Waals surface area contributed by atoms with E-state index >= 15 is 0 Å². The largest absolute Gasteiger partial charge is 0.476 e. The molecule has 1 aromatic heterocycles. The van der Waals surface area contributed by atoms with E-state index < -0.39 is 11.9 Å². The molecule has 0 aliphatic carbocycles. The van der Waals surface area contributed by atoms with E-state index in [-0.39, 0.29) is 17.1 Å². The Bertz CT molecular complexity index is 724. The van der Waals surface area contributed by atoms with Gasteiger partial charge in [0.2, 0.25) is 0 Å². The van der Waals surface area contributed by atoms with Crippen molar-refractivity contribution in [3.05, 3.63) is 38.7 Å². The number of nitrogen functional groups attached to an aromatic ring is 1. The molecule has 0 saturated carbocycles. The summed E-state index contributed by atoms with van der Waals surface area (Å²) in [6, 6.07) is 5.38. The van der Waals surface area contributed by atoms with Crippen molar-refractivity contribution >= 4 is 40.2 Å². The Morgan fingerprint density at radius 3 is 2.55 bits per heavy atom. The van der Waals surface area contributed by atoms with Crippen LogP contribution < -0.4 is 11.5 Å². The van der Waals surface area contributed by atoms with E-state index in [4.69, 9.17) is 11.5 Å². The number of carbonyl (C=O) groups excluding carboxylic acids is 1. The maximum absolute atomic E-state index is 11.3. The molecule has 0 aliphatic heterocycles. The van der Waals surface area contributed by atoms with Crippen LogP contribution >= 0.6 is 22.6 Å². The van der Waals surface area contributed by atoms with Crippen LogP contribution in [0.4, 0.5) is 5.69 Å². The highest BCUT2D eigenvalue weighted by atomic mass is 127. The fraction of sp³-hybridized carbons (Fsp3) is 0.0833. The van der Waals surface area contributed by atoms with E-state index in [1.165, 1.54) is 0 Å². The van der Waals surface area contributed by atoms with E-state index in [2.05, 4.69) is 27.7 Å². The van der Waals surface area contributed by atoms with Gasteiger partial charge in [-0.2, -0.15) is 5.10 Å². The lowest BCUT2D eigenvalue weighted by Gasteiger charge is -2.08. The van der Waals surface area contributed by atoms with Gasteiger partial charge in [-0.05, 0) is 53.3 Å². The SMILES string of the molecule is Cc1cc(I)ccc1-n1nc(C(N)=O)c(N)c1C(=O)O. The van der Waals surface area contributed by atoms with Crippen molar-refractivity contribution in [3.63, 3.8) is 0 Å². The number of anilines is 1. The third-order valence-corrected chi connectivity index (χ3v) is 3.42. The molecule has 0 fully saturated rings. The van der Waals surface area contributed by atoms with Crippen molar-refractivity contribution < 1.29 is 14.7 Å². The molecular formula is C12H11IN4O3. The number of nitrogens with two attached hydrogens (primary N) is 2. The number of benzene rings is 1. The molecule has 0 unspecified atom stereocenters. The molecule has 0 bridgehead atoms. The Labute approximate surface area is 127 Å². The number of aryl methyl sites for hydroxylation is 1. The molecule has 0 spiro atoms. The summed E-state index contributed by atoms with van der Waals surface area (Å²) in [5.74, 6) is -2.15. The maximum atomic E-state index is 11.3. The number of aromatic carboxylic acids is 1. The van der Waals surface area contributed by atoms with Gasteiger partial charge in [-0.1, -0.05) is 0 Å². The number of amides is 1. The Hall–Kier alpha value is -2.10. The van der Waals surface area contributed by atoms with Gasteiger partial charge in [0.15, 0.2) is 11.4 Å².